The maximum Gasteiger partial charge on any atom is 0.255 e. The van der Waals surface area contributed by atoms with Crippen molar-refractivity contribution >= 4 is 22.9 Å². The molecule has 0 fully saturated rings. The molecule has 0 aliphatic heterocycles. The Bertz CT molecular complexity index is 555. The SMILES string of the molecule is CCC(Nc1cccc(OCC(N)=O)c1)c1cccs1. The number of hydrogen-bond donors (Lipinski definition) is 2. The summed E-state index contributed by atoms with van der Waals surface area (Å²) in [4.78, 5) is 12.0. The molecular weight excluding hydrogens is 272 g/mol. The van der Waals surface area contributed by atoms with E-state index >= 15 is 0 Å². The molecule has 0 saturated heterocycles. The van der Waals surface area contributed by atoms with Crippen LogP contribution in [0.4, 0.5) is 5.69 Å². The van der Waals surface area contributed by atoms with Gasteiger partial charge in [-0.05, 0) is 30.0 Å². The lowest BCUT2D eigenvalue weighted by molar-refractivity contribution is -0.119. The highest BCUT2D eigenvalue weighted by atomic mass is 32.1. The number of nitrogens with one attached hydrogen (secondary N) is 1. The van der Waals surface area contributed by atoms with Gasteiger partial charge < -0.3 is 15.8 Å². The molecule has 3 N–H and O–H groups in total. The first-order valence-electron chi connectivity index (χ1n) is 6.50. The van der Waals surface area contributed by atoms with Crippen molar-refractivity contribution in [1.82, 2.24) is 0 Å². The first-order chi connectivity index (χ1) is 9.69. The molecule has 1 amide bonds. The molecule has 1 atom stereocenters. The number of carbonyl (C=O) groups excluding carboxylic acids is 1. The molecular formula is C15H18N2O2S. The van der Waals surface area contributed by atoms with Gasteiger partial charge in [0.2, 0.25) is 0 Å². The zero-order chi connectivity index (χ0) is 14.4. The van der Waals surface area contributed by atoms with E-state index in [0.717, 1.165) is 12.1 Å². The first-order valence-corrected chi connectivity index (χ1v) is 7.38. The summed E-state index contributed by atoms with van der Waals surface area (Å²) in [7, 11) is 0. The molecule has 0 aliphatic carbocycles. The molecule has 0 saturated carbocycles. The molecule has 0 radical (unpaired) electrons. The van der Waals surface area contributed by atoms with Gasteiger partial charge in [0, 0.05) is 16.6 Å². The zero-order valence-corrected chi connectivity index (χ0v) is 12.2. The fourth-order valence-corrected chi connectivity index (χ4v) is 2.76. The van der Waals surface area contributed by atoms with E-state index in [4.69, 9.17) is 10.5 Å². The molecule has 5 heteroatoms. The predicted molar refractivity (Wildman–Crippen MR) is 82.1 cm³/mol. The largest absolute Gasteiger partial charge is 0.484 e. The molecule has 1 aromatic heterocycles. The van der Waals surface area contributed by atoms with E-state index in [1.807, 2.05) is 18.2 Å². The molecule has 2 aromatic rings. The van der Waals surface area contributed by atoms with E-state index in [9.17, 15) is 4.79 Å². The highest BCUT2D eigenvalue weighted by Crippen LogP contribution is 2.27. The van der Waals surface area contributed by atoms with Crippen LogP contribution in [0.3, 0.4) is 0 Å². The highest BCUT2D eigenvalue weighted by molar-refractivity contribution is 7.10. The lowest BCUT2D eigenvalue weighted by Gasteiger charge is -2.17. The Hall–Kier alpha value is -2.01. The van der Waals surface area contributed by atoms with E-state index < -0.39 is 5.91 Å². The Labute approximate surface area is 122 Å². The molecule has 1 unspecified atom stereocenters. The van der Waals surface area contributed by atoms with E-state index in [-0.39, 0.29) is 12.6 Å². The minimum atomic E-state index is -0.478. The van der Waals surface area contributed by atoms with Crippen LogP contribution in [0.5, 0.6) is 5.75 Å². The smallest absolute Gasteiger partial charge is 0.255 e. The van der Waals surface area contributed by atoms with Crippen molar-refractivity contribution in [3.8, 4) is 5.75 Å². The summed E-state index contributed by atoms with van der Waals surface area (Å²) in [5.41, 5.74) is 6.03. The second-order valence-electron chi connectivity index (χ2n) is 4.40. The molecule has 0 spiro atoms. The van der Waals surface area contributed by atoms with Gasteiger partial charge in [-0.3, -0.25) is 4.79 Å². The van der Waals surface area contributed by atoms with Crippen molar-refractivity contribution in [1.29, 1.82) is 0 Å². The van der Waals surface area contributed by atoms with Crippen LogP contribution in [0.1, 0.15) is 24.3 Å². The van der Waals surface area contributed by atoms with Gasteiger partial charge in [-0.15, -0.1) is 11.3 Å². The Balaban J connectivity index is 2.05. The third-order valence-corrected chi connectivity index (χ3v) is 3.84. The number of anilines is 1. The normalized spacial score (nSPS) is 11.8. The number of ether oxygens (including phenoxy) is 1. The lowest BCUT2D eigenvalue weighted by atomic mass is 10.1. The van der Waals surface area contributed by atoms with Gasteiger partial charge in [0.1, 0.15) is 5.75 Å². The minimum absolute atomic E-state index is 0.106. The van der Waals surface area contributed by atoms with Crippen LogP contribution in [-0.2, 0) is 4.79 Å². The van der Waals surface area contributed by atoms with E-state index in [1.165, 1.54) is 4.88 Å². The molecule has 2 rings (SSSR count). The number of carbonyl (C=O) groups is 1. The maximum absolute atomic E-state index is 10.7. The van der Waals surface area contributed by atoms with Crippen LogP contribution in [0, 0.1) is 0 Å². The van der Waals surface area contributed by atoms with Crippen molar-refractivity contribution in [2.75, 3.05) is 11.9 Å². The van der Waals surface area contributed by atoms with Crippen LogP contribution in [0.25, 0.3) is 0 Å². The molecule has 0 bridgehead atoms. The summed E-state index contributed by atoms with van der Waals surface area (Å²) in [6, 6.07) is 12.0. The first kappa shape index (κ1) is 14.4. The number of nitrogens with two attached hydrogens (primary N) is 1. The predicted octanol–water partition coefficient (Wildman–Crippen LogP) is 3.18. The minimum Gasteiger partial charge on any atom is -0.484 e. The quantitative estimate of drug-likeness (QED) is 0.823. The van der Waals surface area contributed by atoms with Crippen LogP contribution < -0.4 is 15.8 Å². The number of thiophene rings is 1. The topological polar surface area (TPSA) is 64.3 Å². The van der Waals surface area contributed by atoms with Gasteiger partial charge >= 0.3 is 0 Å². The maximum atomic E-state index is 10.7. The second-order valence-corrected chi connectivity index (χ2v) is 5.38. The van der Waals surface area contributed by atoms with Crippen LogP contribution in [0.2, 0.25) is 0 Å². The van der Waals surface area contributed by atoms with Gasteiger partial charge in [0.25, 0.3) is 5.91 Å². The number of rotatable bonds is 7. The Morgan fingerprint density at radius 1 is 1.40 bits per heavy atom. The monoisotopic (exact) mass is 290 g/mol. The number of amides is 1. The Morgan fingerprint density at radius 2 is 2.25 bits per heavy atom. The van der Waals surface area contributed by atoms with Crippen molar-refractivity contribution in [2.24, 2.45) is 5.73 Å². The number of primary amides is 1. The standard InChI is InChI=1S/C15H18N2O2S/c1-2-13(14-7-4-8-20-14)17-11-5-3-6-12(9-11)19-10-15(16)18/h3-9,13,17H,2,10H2,1H3,(H2,16,18). The van der Waals surface area contributed by atoms with Crippen molar-refractivity contribution in [3.05, 3.63) is 46.7 Å². The van der Waals surface area contributed by atoms with Gasteiger partial charge in [0.15, 0.2) is 6.61 Å². The summed E-state index contributed by atoms with van der Waals surface area (Å²) < 4.78 is 5.30. The highest BCUT2D eigenvalue weighted by Gasteiger charge is 2.10. The van der Waals surface area contributed by atoms with Crippen molar-refractivity contribution in [3.63, 3.8) is 0 Å². The summed E-state index contributed by atoms with van der Waals surface area (Å²) in [6.45, 7) is 2.04. The number of benzene rings is 1. The van der Waals surface area contributed by atoms with E-state index in [2.05, 4.69) is 29.8 Å². The Kier molecular flexibility index (Phi) is 5.01. The van der Waals surface area contributed by atoms with Gasteiger partial charge in [-0.1, -0.05) is 19.1 Å². The molecule has 0 aliphatic rings. The van der Waals surface area contributed by atoms with Crippen LogP contribution in [-0.4, -0.2) is 12.5 Å². The lowest BCUT2D eigenvalue weighted by Crippen LogP contribution is -2.20. The molecule has 1 heterocycles. The van der Waals surface area contributed by atoms with E-state index in [1.54, 1.807) is 17.4 Å². The second kappa shape index (κ2) is 6.96. The Morgan fingerprint density at radius 3 is 2.90 bits per heavy atom. The molecule has 4 nitrogen and oxygen atoms in total. The third kappa shape index (κ3) is 3.99. The number of hydrogen-bond acceptors (Lipinski definition) is 4. The summed E-state index contributed by atoms with van der Waals surface area (Å²) in [6.07, 6.45) is 0.993. The van der Waals surface area contributed by atoms with Gasteiger partial charge in [-0.25, -0.2) is 0 Å². The molecule has 106 valence electrons. The van der Waals surface area contributed by atoms with Gasteiger partial charge in [-0.2, -0.15) is 0 Å². The van der Waals surface area contributed by atoms with Gasteiger partial charge in [0.05, 0.1) is 6.04 Å². The van der Waals surface area contributed by atoms with Crippen LogP contribution >= 0.6 is 11.3 Å². The summed E-state index contributed by atoms with van der Waals surface area (Å²) in [5, 5.41) is 5.55. The fraction of sp³-hybridized carbons (Fsp3) is 0.267. The summed E-state index contributed by atoms with van der Waals surface area (Å²) in [5.74, 6) is 0.156. The summed E-state index contributed by atoms with van der Waals surface area (Å²) >= 11 is 1.74. The van der Waals surface area contributed by atoms with Crippen LogP contribution in [0.15, 0.2) is 41.8 Å². The van der Waals surface area contributed by atoms with Crippen molar-refractivity contribution < 1.29 is 9.53 Å². The average Bonchev–Trinajstić information content (AvgIpc) is 2.97. The molecule has 1 aromatic carbocycles. The third-order valence-electron chi connectivity index (χ3n) is 2.85. The van der Waals surface area contributed by atoms with E-state index in [0.29, 0.717) is 5.75 Å². The average molecular weight is 290 g/mol. The molecule has 20 heavy (non-hydrogen) atoms. The fourth-order valence-electron chi connectivity index (χ4n) is 1.90. The van der Waals surface area contributed by atoms with Crippen molar-refractivity contribution in [2.45, 2.75) is 19.4 Å². The zero-order valence-electron chi connectivity index (χ0n) is 11.3.